The van der Waals surface area contributed by atoms with Gasteiger partial charge in [-0.3, -0.25) is 0 Å². The van der Waals surface area contributed by atoms with Crippen molar-refractivity contribution >= 4 is 17.6 Å². The van der Waals surface area contributed by atoms with Crippen LogP contribution in [0.4, 0.5) is 4.39 Å². The summed E-state index contributed by atoms with van der Waals surface area (Å²) in [6.45, 7) is 1.59. The molecule has 0 fully saturated rings. The normalized spacial score (nSPS) is 10.5. The van der Waals surface area contributed by atoms with Gasteiger partial charge in [0.1, 0.15) is 11.6 Å². The standard InChI is InChI=1S/C10H7ClFN3O2/c1-5-13-9(10(16)17)14-15(5)6-2-3-8(12)7(11)4-6/h2-4H,1H3,(H,16,17). The van der Waals surface area contributed by atoms with Gasteiger partial charge >= 0.3 is 5.97 Å². The van der Waals surface area contributed by atoms with Crippen LogP contribution in [0.1, 0.15) is 16.4 Å². The third-order valence-corrected chi connectivity index (χ3v) is 2.40. The Labute approximate surface area is 100 Å². The predicted molar refractivity (Wildman–Crippen MR) is 58.0 cm³/mol. The van der Waals surface area contributed by atoms with E-state index in [1.807, 2.05) is 0 Å². The molecule has 0 aliphatic carbocycles. The first-order valence-corrected chi connectivity index (χ1v) is 4.99. The Morgan fingerprint density at radius 3 is 2.76 bits per heavy atom. The number of hydrogen-bond acceptors (Lipinski definition) is 3. The highest BCUT2D eigenvalue weighted by molar-refractivity contribution is 6.30. The van der Waals surface area contributed by atoms with E-state index in [2.05, 4.69) is 10.1 Å². The van der Waals surface area contributed by atoms with Crippen molar-refractivity contribution in [2.75, 3.05) is 0 Å². The van der Waals surface area contributed by atoms with Crippen molar-refractivity contribution < 1.29 is 14.3 Å². The molecule has 0 radical (unpaired) electrons. The third kappa shape index (κ3) is 2.12. The lowest BCUT2D eigenvalue weighted by Crippen LogP contribution is -2.02. The number of aryl methyl sites for hydroxylation is 1. The average molecular weight is 256 g/mol. The Kier molecular flexibility index (Phi) is 2.81. The second-order valence-corrected chi connectivity index (χ2v) is 3.71. The molecule has 88 valence electrons. The van der Waals surface area contributed by atoms with Crippen molar-refractivity contribution in [1.29, 1.82) is 0 Å². The van der Waals surface area contributed by atoms with E-state index in [0.29, 0.717) is 11.5 Å². The summed E-state index contributed by atoms with van der Waals surface area (Å²) in [7, 11) is 0. The molecule has 0 atom stereocenters. The van der Waals surface area contributed by atoms with E-state index in [4.69, 9.17) is 16.7 Å². The van der Waals surface area contributed by atoms with Crippen molar-refractivity contribution in [1.82, 2.24) is 14.8 Å². The third-order valence-electron chi connectivity index (χ3n) is 2.11. The van der Waals surface area contributed by atoms with Crippen LogP contribution in [0.2, 0.25) is 5.02 Å². The Bertz CT molecular complexity index is 597. The van der Waals surface area contributed by atoms with Crippen molar-refractivity contribution in [2.24, 2.45) is 0 Å². The summed E-state index contributed by atoms with van der Waals surface area (Å²) in [6, 6.07) is 3.97. The van der Waals surface area contributed by atoms with E-state index in [9.17, 15) is 9.18 Å². The molecule has 0 amide bonds. The average Bonchev–Trinajstić information content (AvgIpc) is 2.65. The molecule has 0 spiro atoms. The summed E-state index contributed by atoms with van der Waals surface area (Å²) in [5.74, 6) is -1.71. The van der Waals surface area contributed by atoms with Gasteiger partial charge in [0.15, 0.2) is 0 Å². The van der Waals surface area contributed by atoms with Gasteiger partial charge in [0.05, 0.1) is 10.7 Å². The summed E-state index contributed by atoms with van der Waals surface area (Å²) >= 11 is 5.63. The summed E-state index contributed by atoms with van der Waals surface area (Å²) in [5.41, 5.74) is 0.453. The van der Waals surface area contributed by atoms with Crippen LogP contribution >= 0.6 is 11.6 Å². The minimum absolute atomic E-state index is 0.0609. The van der Waals surface area contributed by atoms with Crippen LogP contribution in [0.3, 0.4) is 0 Å². The zero-order valence-corrected chi connectivity index (χ0v) is 9.44. The van der Waals surface area contributed by atoms with Crippen LogP contribution in [0.15, 0.2) is 18.2 Å². The van der Waals surface area contributed by atoms with Crippen LogP contribution in [0.25, 0.3) is 5.69 Å². The second kappa shape index (κ2) is 4.14. The quantitative estimate of drug-likeness (QED) is 0.892. The first-order chi connectivity index (χ1) is 7.99. The fourth-order valence-corrected chi connectivity index (χ4v) is 1.52. The number of rotatable bonds is 2. The van der Waals surface area contributed by atoms with Gasteiger partial charge in [0, 0.05) is 0 Å². The minimum atomic E-state index is -1.22. The number of carboxylic acids is 1. The number of aromatic nitrogens is 3. The lowest BCUT2D eigenvalue weighted by Gasteiger charge is -2.03. The Morgan fingerprint density at radius 1 is 1.53 bits per heavy atom. The number of carbonyl (C=O) groups is 1. The van der Waals surface area contributed by atoms with E-state index in [1.54, 1.807) is 6.92 Å². The maximum absolute atomic E-state index is 13.0. The van der Waals surface area contributed by atoms with E-state index in [1.165, 1.54) is 22.9 Å². The maximum atomic E-state index is 13.0. The van der Waals surface area contributed by atoms with Gasteiger partial charge in [-0.2, -0.15) is 0 Å². The molecule has 1 N–H and O–H groups in total. The summed E-state index contributed by atoms with van der Waals surface area (Å²) in [6.07, 6.45) is 0. The summed E-state index contributed by atoms with van der Waals surface area (Å²) < 4.78 is 14.3. The van der Waals surface area contributed by atoms with Crippen molar-refractivity contribution in [3.63, 3.8) is 0 Å². The molecular weight excluding hydrogens is 249 g/mol. The van der Waals surface area contributed by atoms with Crippen molar-refractivity contribution in [3.05, 3.63) is 40.7 Å². The van der Waals surface area contributed by atoms with Crippen molar-refractivity contribution in [2.45, 2.75) is 6.92 Å². The van der Waals surface area contributed by atoms with Crippen LogP contribution in [0.5, 0.6) is 0 Å². The van der Waals surface area contributed by atoms with Crippen LogP contribution in [-0.2, 0) is 0 Å². The molecule has 0 bridgehead atoms. The molecule has 0 saturated carbocycles. The van der Waals surface area contributed by atoms with E-state index >= 15 is 0 Å². The Morgan fingerprint density at radius 2 is 2.24 bits per heavy atom. The van der Waals surface area contributed by atoms with Gasteiger partial charge < -0.3 is 5.11 Å². The summed E-state index contributed by atoms with van der Waals surface area (Å²) in [5, 5.41) is 12.5. The number of aromatic carboxylic acids is 1. The van der Waals surface area contributed by atoms with Gasteiger partial charge in [-0.25, -0.2) is 18.9 Å². The zero-order chi connectivity index (χ0) is 12.6. The monoisotopic (exact) mass is 255 g/mol. The SMILES string of the molecule is Cc1nc(C(=O)O)nn1-c1ccc(F)c(Cl)c1. The molecule has 1 heterocycles. The number of benzene rings is 1. The highest BCUT2D eigenvalue weighted by Gasteiger charge is 2.14. The summed E-state index contributed by atoms with van der Waals surface area (Å²) in [4.78, 5) is 14.4. The number of carboxylic acid groups (broad SMARTS) is 1. The maximum Gasteiger partial charge on any atom is 0.375 e. The minimum Gasteiger partial charge on any atom is -0.475 e. The molecular formula is C10H7ClFN3O2. The molecule has 2 aromatic rings. The van der Waals surface area contributed by atoms with Gasteiger partial charge in [0.25, 0.3) is 5.82 Å². The number of hydrogen-bond donors (Lipinski definition) is 1. The second-order valence-electron chi connectivity index (χ2n) is 3.30. The Balaban J connectivity index is 2.52. The van der Waals surface area contributed by atoms with Crippen LogP contribution in [-0.4, -0.2) is 25.8 Å². The van der Waals surface area contributed by atoms with Gasteiger partial charge in [-0.05, 0) is 25.1 Å². The lowest BCUT2D eigenvalue weighted by molar-refractivity contribution is 0.0683. The van der Waals surface area contributed by atoms with E-state index in [0.717, 1.165) is 0 Å². The topological polar surface area (TPSA) is 68.0 Å². The van der Waals surface area contributed by atoms with Gasteiger partial charge in [0.2, 0.25) is 0 Å². The number of halogens is 2. The molecule has 1 aromatic heterocycles. The van der Waals surface area contributed by atoms with Gasteiger partial charge in [-0.1, -0.05) is 11.6 Å². The molecule has 7 heteroatoms. The fraction of sp³-hybridized carbons (Fsp3) is 0.100. The first-order valence-electron chi connectivity index (χ1n) is 4.61. The number of nitrogens with zero attached hydrogens (tertiary/aromatic N) is 3. The van der Waals surface area contributed by atoms with Gasteiger partial charge in [-0.15, -0.1) is 5.10 Å². The zero-order valence-electron chi connectivity index (χ0n) is 8.69. The van der Waals surface area contributed by atoms with Crippen LogP contribution < -0.4 is 0 Å². The molecule has 0 aliphatic rings. The predicted octanol–water partition coefficient (Wildman–Crippen LogP) is 2.07. The molecule has 0 aliphatic heterocycles. The molecule has 0 saturated heterocycles. The van der Waals surface area contributed by atoms with Crippen molar-refractivity contribution in [3.8, 4) is 5.69 Å². The van der Waals surface area contributed by atoms with Crippen LogP contribution in [0, 0.1) is 12.7 Å². The van der Waals surface area contributed by atoms with E-state index < -0.39 is 11.8 Å². The van der Waals surface area contributed by atoms with E-state index in [-0.39, 0.29) is 10.8 Å². The lowest BCUT2D eigenvalue weighted by atomic mass is 10.3. The molecule has 17 heavy (non-hydrogen) atoms. The Hall–Kier alpha value is -1.95. The highest BCUT2D eigenvalue weighted by atomic mass is 35.5. The first kappa shape index (κ1) is 11.5. The molecule has 0 unspecified atom stereocenters. The fourth-order valence-electron chi connectivity index (χ4n) is 1.34. The molecule has 2 rings (SSSR count). The molecule has 1 aromatic carbocycles. The smallest absolute Gasteiger partial charge is 0.375 e. The highest BCUT2D eigenvalue weighted by Crippen LogP contribution is 2.19. The largest absolute Gasteiger partial charge is 0.475 e. The molecule has 5 nitrogen and oxygen atoms in total.